The van der Waals surface area contributed by atoms with E-state index in [0.29, 0.717) is 10.8 Å². The number of anilines is 1. The van der Waals surface area contributed by atoms with Crippen molar-refractivity contribution in [3.8, 4) is 5.75 Å². The number of carbonyl (C=O) groups excluding carboxylic acids is 1. The van der Waals surface area contributed by atoms with E-state index in [1.807, 2.05) is 0 Å². The largest absolute Gasteiger partial charge is 0.488 e. The normalized spacial score (nSPS) is 21.1. The average Bonchev–Trinajstić information content (AvgIpc) is 2.85. The molecule has 5 rings (SSSR count). The van der Waals surface area contributed by atoms with Gasteiger partial charge in [0.2, 0.25) is 0 Å². The van der Waals surface area contributed by atoms with E-state index in [0.717, 1.165) is 74.5 Å². The number of carbonyl (C=O) groups is 1. The van der Waals surface area contributed by atoms with Crippen molar-refractivity contribution in [3.05, 3.63) is 53.6 Å². The molecule has 2 aromatic heterocycles. The van der Waals surface area contributed by atoms with Crippen molar-refractivity contribution in [2.75, 3.05) is 31.2 Å². The number of halogens is 1. The Morgan fingerprint density at radius 1 is 1.09 bits per heavy atom. The number of pyridine rings is 1. The van der Waals surface area contributed by atoms with Gasteiger partial charge < -0.3 is 19.7 Å². The van der Waals surface area contributed by atoms with E-state index >= 15 is 0 Å². The van der Waals surface area contributed by atoms with Crippen LogP contribution in [0.25, 0.3) is 11.0 Å². The summed E-state index contributed by atoms with van der Waals surface area (Å²) in [7, 11) is 0. The number of aromatic nitrogens is 3. The molecule has 1 N–H and O–H groups in total. The molecule has 2 aliphatic rings. The van der Waals surface area contributed by atoms with Crippen molar-refractivity contribution in [2.24, 2.45) is 0 Å². The molecule has 3 heterocycles. The zero-order valence-corrected chi connectivity index (χ0v) is 19.0. The molecule has 172 valence electrons. The minimum Gasteiger partial charge on any atom is -0.488 e. The molecule has 8 nitrogen and oxygen atoms in total. The van der Waals surface area contributed by atoms with Gasteiger partial charge in [-0.15, -0.1) is 0 Å². The number of hydrogen-bond acceptors (Lipinski definition) is 7. The highest BCUT2D eigenvalue weighted by atomic mass is 35.5. The molecule has 1 aliphatic carbocycles. The predicted octanol–water partition coefficient (Wildman–Crippen LogP) is 3.63. The molecule has 1 amide bonds. The second kappa shape index (κ2) is 9.89. The van der Waals surface area contributed by atoms with Gasteiger partial charge in [0.05, 0.1) is 24.8 Å². The second-order valence-corrected chi connectivity index (χ2v) is 8.77. The zero-order valence-electron chi connectivity index (χ0n) is 18.2. The Morgan fingerprint density at radius 3 is 2.67 bits per heavy atom. The third-order valence-corrected chi connectivity index (χ3v) is 6.36. The Kier molecular flexibility index (Phi) is 6.55. The molecule has 2 fully saturated rings. The second-order valence-electron chi connectivity index (χ2n) is 8.38. The van der Waals surface area contributed by atoms with E-state index in [1.165, 1.54) is 0 Å². The van der Waals surface area contributed by atoms with Gasteiger partial charge in [-0.25, -0.2) is 9.97 Å². The standard InChI is InChI=1S/C24H26ClN5O3/c25-22-3-1-2-19(29-22)24(31)28-16-4-6-18(7-5-16)33-21-15-17(30-10-12-32-13-11-30)14-20-23(21)27-9-8-26-20/h1-3,8-9,14-16,18H,4-7,10-13H2,(H,28,31). The molecule has 1 aromatic carbocycles. The minimum absolute atomic E-state index is 0.0626. The fourth-order valence-corrected chi connectivity index (χ4v) is 4.59. The van der Waals surface area contributed by atoms with E-state index < -0.39 is 0 Å². The summed E-state index contributed by atoms with van der Waals surface area (Å²) in [6, 6.07) is 9.28. The van der Waals surface area contributed by atoms with E-state index in [2.05, 4.69) is 37.3 Å². The van der Waals surface area contributed by atoms with Gasteiger partial charge in [-0.1, -0.05) is 17.7 Å². The third-order valence-electron chi connectivity index (χ3n) is 6.15. The van der Waals surface area contributed by atoms with Gasteiger partial charge in [-0.05, 0) is 43.9 Å². The summed E-state index contributed by atoms with van der Waals surface area (Å²) in [5.41, 5.74) is 3.02. The molecule has 1 aliphatic heterocycles. The van der Waals surface area contributed by atoms with E-state index in [9.17, 15) is 4.79 Å². The van der Waals surface area contributed by atoms with Crippen LogP contribution in [0.5, 0.6) is 5.75 Å². The highest BCUT2D eigenvalue weighted by Gasteiger charge is 2.25. The van der Waals surface area contributed by atoms with Gasteiger partial charge in [0.15, 0.2) is 0 Å². The number of hydrogen-bond donors (Lipinski definition) is 1. The first-order valence-electron chi connectivity index (χ1n) is 11.3. The highest BCUT2D eigenvalue weighted by molar-refractivity contribution is 6.29. The molecule has 9 heteroatoms. The number of benzene rings is 1. The maximum Gasteiger partial charge on any atom is 0.270 e. The summed E-state index contributed by atoms with van der Waals surface area (Å²) in [6.07, 6.45) is 6.83. The van der Waals surface area contributed by atoms with Crippen LogP contribution in [0.15, 0.2) is 42.7 Å². The lowest BCUT2D eigenvalue weighted by atomic mass is 9.92. The lowest BCUT2D eigenvalue weighted by Gasteiger charge is -2.31. The van der Waals surface area contributed by atoms with E-state index in [4.69, 9.17) is 21.1 Å². The van der Waals surface area contributed by atoms with Crippen LogP contribution in [0, 0.1) is 0 Å². The van der Waals surface area contributed by atoms with Gasteiger partial charge in [-0.2, -0.15) is 0 Å². The lowest BCUT2D eigenvalue weighted by molar-refractivity contribution is 0.0890. The molecule has 3 aromatic rings. The first-order valence-corrected chi connectivity index (χ1v) is 11.7. The molecule has 0 unspecified atom stereocenters. The average molecular weight is 468 g/mol. The summed E-state index contributed by atoms with van der Waals surface area (Å²) in [5.74, 6) is 0.569. The van der Waals surface area contributed by atoms with Crippen molar-refractivity contribution >= 4 is 34.2 Å². The van der Waals surface area contributed by atoms with Gasteiger partial charge in [0.25, 0.3) is 5.91 Å². The Labute approximate surface area is 197 Å². The SMILES string of the molecule is O=C(NC1CCC(Oc2cc(N3CCOCC3)cc3nccnc23)CC1)c1cccc(Cl)n1. The number of nitrogens with zero attached hydrogens (tertiary/aromatic N) is 4. The van der Waals surface area contributed by atoms with Crippen molar-refractivity contribution in [2.45, 2.75) is 37.8 Å². The van der Waals surface area contributed by atoms with Gasteiger partial charge in [0.1, 0.15) is 22.1 Å². The minimum atomic E-state index is -0.193. The van der Waals surface area contributed by atoms with Crippen LogP contribution in [0.3, 0.4) is 0 Å². The van der Waals surface area contributed by atoms with E-state index in [-0.39, 0.29) is 18.1 Å². The first kappa shape index (κ1) is 21.9. The molecule has 1 saturated heterocycles. The smallest absolute Gasteiger partial charge is 0.270 e. The number of amides is 1. The summed E-state index contributed by atoms with van der Waals surface area (Å²) < 4.78 is 11.9. The Bertz CT molecular complexity index is 1130. The molecule has 0 spiro atoms. The maximum atomic E-state index is 12.5. The fraction of sp³-hybridized carbons (Fsp3) is 0.417. The third kappa shape index (κ3) is 5.17. The van der Waals surface area contributed by atoms with Gasteiger partial charge >= 0.3 is 0 Å². The number of rotatable bonds is 5. The quantitative estimate of drug-likeness (QED) is 0.573. The van der Waals surface area contributed by atoms with Crippen LogP contribution in [0.1, 0.15) is 36.2 Å². The number of fused-ring (bicyclic) bond motifs is 1. The predicted molar refractivity (Wildman–Crippen MR) is 126 cm³/mol. The van der Waals surface area contributed by atoms with Crippen molar-refractivity contribution in [3.63, 3.8) is 0 Å². The van der Waals surface area contributed by atoms with Crippen LogP contribution < -0.4 is 15.0 Å². The zero-order chi connectivity index (χ0) is 22.6. The summed E-state index contributed by atoms with van der Waals surface area (Å²) in [5, 5.41) is 3.39. The van der Waals surface area contributed by atoms with Crippen LogP contribution in [0.2, 0.25) is 5.15 Å². The molecule has 33 heavy (non-hydrogen) atoms. The van der Waals surface area contributed by atoms with Crippen LogP contribution in [0.4, 0.5) is 5.69 Å². The summed E-state index contributed by atoms with van der Waals surface area (Å²) >= 11 is 5.90. The molecule has 0 bridgehead atoms. The van der Waals surface area contributed by atoms with Gasteiger partial charge in [0, 0.05) is 43.3 Å². The Morgan fingerprint density at radius 2 is 1.88 bits per heavy atom. The van der Waals surface area contributed by atoms with Crippen LogP contribution in [-0.2, 0) is 4.74 Å². The highest BCUT2D eigenvalue weighted by Crippen LogP contribution is 2.33. The maximum absolute atomic E-state index is 12.5. The number of morpholine rings is 1. The van der Waals surface area contributed by atoms with E-state index in [1.54, 1.807) is 30.6 Å². The lowest BCUT2D eigenvalue weighted by Crippen LogP contribution is -2.40. The number of nitrogens with one attached hydrogen (secondary N) is 1. The Balaban J connectivity index is 1.25. The molecular formula is C24H26ClN5O3. The van der Waals surface area contributed by atoms with Gasteiger partial charge in [-0.3, -0.25) is 9.78 Å². The summed E-state index contributed by atoms with van der Waals surface area (Å²) in [6.45, 7) is 3.12. The molecule has 1 saturated carbocycles. The molecular weight excluding hydrogens is 442 g/mol. The van der Waals surface area contributed by atoms with Crippen molar-refractivity contribution < 1.29 is 14.3 Å². The molecule has 0 radical (unpaired) electrons. The monoisotopic (exact) mass is 467 g/mol. The summed E-state index contributed by atoms with van der Waals surface area (Å²) in [4.78, 5) is 27.9. The number of ether oxygens (including phenoxy) is 2. The van der Waals surface area contributed by atoms with Crippen LogP contribution in [-0.4, -0.2) is 59.3 Å². The topological polar surface area (TPSA) is 89.5 Å². The first-order chi connectivity index (χ1) is 16.2. The fourth-order valence-electron chi connectivity index (χ4n) is 4.42. The molecule has 0 atom stereocenters. The van der Waals surface area contributed by atoms with Crippen molar-refractivity contribution in [1.29, 1.82) is 0 Å². The Hall–Kier alpha value is -2.97. The van der Waals surface area contributed by atoms with Crippen molar-refractivity contribution in [1.82, 2.24) is 20.3 Å². The van der Waals surface area contributed by atoms with Crippen LogP contribution >= 0.6 is 11.6 Å².